The van der Waals surface area contributed by atoms with Gasteiger partial charge in [-0.15, -0.1) is 0 Å². The first kappa shape index (κ1) is 13.4. The number of benzene rings is 1. The molecule has 0 atom stereocenters. The van der Waals surface area contributed by atoms with Crippen LogP contribution in [0.1, 0.15) is 24.8 Å². The minimum Gasteiger partial charge on any atom is -0.399 e. The van der Waals surface area contributed by atoms with Gasteiger partial charge in [-0.3, -0.25) is 0 Å². The van der Waals surface area contributed by atoms with E-state index in [-0.39, 0.29) is 0 Å². The van der Waals surface area contributed by atoms with Crippen molar-refractivity contribution in [2.75, 3.05) is 32.4 Å². The van der Waals surface area contributed by atoms with Crippen LogP contribution in [0.3, 0.4) is 0 Å². The molecule has 0 radical (unpaired) electrons. The van der Waals surface area contributed by atoms with Crippen LogP contribution in [0.2, 0.25) is 0 Å². The Morgan fingerprint density at radius 2 is 2.11 bits per heavy atom. The SMILES string of the molecule is CN1CCC(CCNCc2cccc(N)c2)CC1. The smallest absolute Gasteiger partial charge is 0.0317 e. The third kappa shape index (κ3) is 4.31. The second-order valence-electron chi connectivity index (χ2n) is 5.46. The summed E-state index contributed by atoms with van der Waals surface area (Å²) in [6.07, 6.45) is 4.02. The fraction of sp³-hybridized carbons (Fsp3) is 0.600. The quantitative estimate of drug-likeness (QED) is 0.618. The molecule has 0 bridgehead atoms. The zero-order valence-corrected chi connectivity index (χ0v) is 11.4. The normalized spacial score (nSPS) is 18.1. The standard InChI is InChI=1S/C15H25N3/c1-18-9-6-13(7-10-18)5-8-17-12-14-3-2-4-15(16)11-14/h2-4,11,13,17H,5-10,12,16H2,1H3. The number of nitrogen functional groups attached to an aromatic ring is 1. The van der Waals surface area contributed by atoms with Crippen LogP contribution < -0.4 is 11.1 Å². The molecule has 3 nitrogen and oxygen atoms in total. The number of hydrogen-bond donors (Lipinski definition) is 2. The summed E-state index contributed by atoms with van der Waals surface area (Å²) in [5.74, 6) is 0.912. The Kier molecular flexibility index (Phi) is 5.02. The molecular weight excluding hydrogens is 222 g/mol. The first-order valence-corrected chi connectivity index (χ1v) is 6.98. The Morgan fingerprint density at radius 1 is 1.33 bits per heavy atom. The van der Waals surface area contributed by atoms with Gasteiger partial charge in [0.15, 0.2) is 0 Å². The fourth-order valence-electron chi connectivity index (χ4n) is 2.59. The number of nitrogens with two attached hydrogens (primary N) is 1. The van der Waals surface area contributed by atoms with Gasteiger partial charge in [-0.1, -0.05) is 12.1 Å². The van der Waals surface area contributed by atoms with Gasteiger partial charge in [0.25, 0.3) is 0 Å². The molecule has 0 unspecified atom stereocenters. The summed E-state index contributed by atoms with van der Waals surface area (Å²) in [5.41, 5.74) is 7.89. The second kappa shape index (κ2) is 6.76. The molecule has 1 fully saturated rings. The number of hydrogen-bond acceptors (Lipinski definition) is 3. The summed E-state index contributed by atoms with van der Waals surface area (Å²) >= 11 is 0. The van der Waals surface area contributed by atoms with E-state index in [1.54, 1.807) is 0 Å². The molecular formula is C15H25N3. The van der Waals surface area contributed by atoms with E-state index in [1.807, 2.05) is 18.2 Å². The molecule has 100 valence electrons. The lowest BCUT2D eigenvalue weighted by atomic mass is 9.94. The first-order chi connectivity index (χ1) is 8.74. The van der Waals surface area contributed by atoms with Crippen LogP contribution in [0.25, 0.3) is 0 Å². The highest BCUT2D eigenvalue weighted by molar-refractivity contribution is 5.40. The molecule has 0 saturated carbocycles. The Balaban J connectivity index is 1.61. The van der Waals surface area contributed by atoms with Crippen LogP contribution in [0.5, 0.6) is 0 Å². The summed E-state index contributed by atoms with van der Waals surface area (Å²) in [6.45, 7) is 4.57. The molecule has 1 saturated heterocycles. The third-order valence-corrected chi connectivity index (χ3v) is 3.85. The van der Waals surface area contributed by atoms with Crippen molar-refractivity contribution >= 4 is 5.69 Å². The molecule has 3 N–H and O–H groups in total. The zero-order chi connectivity index (χ0) is 12.8. The van der Waals surface area contributed by atoms with E-state index >= 15 is 0 Å². The van der Waals surface area contributed by atoms with Gasteiger partial charge in [-0.2, -0.15) is 0 Å². The average molecular weight is 247 g/mol. The minimum atomic E-state index is 0.851. The Labute approximate surface area is 110 Å². The maximum atomic E-state index is 5.76. The number of nitrogens with zero attached hydrogens (tertiary/aromatic N) is 1. The van der Waals surface area contributed by atoms with Crippen molar-refractivity contribution in [3.63, 3.8) is 0 Å². The second-order valence-corrected chi connectivity index (χ2v) is 5.46. The van der Waals surface area contributed by atoms with Crippen molar-refractivity contribution in [1.82, 2.24) is 10.2 Å². The maximum Gasteiger partial charge on any atom is 0.0317 e. The van der Waals surface area contributed by atoms with E-state index in [9.17, 15) is 0 Å². The predicted octanol–water partition coefficient (Wildman–Crippen LogP) is 2.09. The van der Waals surface area contributed by atoms with E-state index in [4.69, 9.17) is 5.73 Å². The molecule has 0 aliphatic carbocycles. The van der Waals surface area contributed by atoms with E-state index in [0.29, 0.717) is 0 Å². The van der Waals surface area contributed by atoms with Crippen molar-refractivity contribution < 1.29 is 0 Å². The Morgan fingerprint density at radius 3 is 2.83 bits per heavy atom. The van der Waals surface area contributed by atoms with Crippen molar-refractivity contribution in [1.29, 1.82) is 0 Å². The van der Waals surface area contributed by atoms with Gasteiger partial charge in [-0.25, -0.2) is 0 Å². The highest BCUT2D eigenvalue weighted by atomic mass is 15.1. The lowest BCUT2D eigenvalue weighted by Crippen LogP contribution is -2.31. The summed E-state index contributed by atoms with van der Waals surface area (Å²) in [6, 6.07) is 8.12. The van der Waals surface area contributed by atoms with Gasteiger partial charge in [0.1, 0.15) is 0 Å². The minimum absolute atomic E-state index is 0.851. The van der Waals surface area contributed by atoms with Gasteiger partial charge in [0.05, 0.1) is 0 Å². The lowest BCUT2D eigenvalue weighted by Gasteiger charge is -2.28. The molecule has 1 aliphatic heterocycles. The fourth-order valence-corrected chi connectivity index (χ4v) is 2.59. The monoisotopic (exact) mass is 247 g/mol. The van der Waals surface area contributed by atoms with Crippen molar-refractivity contribution in [2.45, 2.75) is 25.8 Å². The highest BCUT2D eigenvalue weighted by Crippen LogP contribution is 2.18. The zero-order valence-electron chi connectivity index (χ0n) is 11.4. The molecule has 1 heterocycles. The Bertz CT molecular complexity index is 357. The van der Waals surface area contributed by atoms with Gasteiger partial charge in [-0.05, 0) is 69.6 Å². The molecule has 2 rings (SSSR count). The molecule has 1 aromatic rings. The predicted molar refractivity (Wildman–Crippen MR) is 77.4 cm³/mol. The maximum absolute atomic E-state index is 5.76. The summed E-state index contributed by atoms with van der Waals surface area (Å²) in [4.78, 5) is 2.43. The molecule has 3 heteroatoms. The number of piperidine rings is 1. The average Bonchev–Trinajstić information content (AvgIpc) is 2.37. The molecule has 0 aromatic heterocycles. The van der Waals surface area contributed by atoms with Crippen LogP contribution in [-0.2, 0) is 6.54 Å². The molecule has 1 aromatic carbocycles. The lowest BCUT2D eigenvalue weighted by molar-refractivity contribution is 0.211. The number of anilines is 1. The topological polar surface area (TPSA) is 41.3 Å². The van der Waals surface area contributed by atoms with Gasteiger partial charge in [0.2, 0.25) is 0 Å². The van der Waals surface area contributed by atoms with Crippen LogP contribution in [-0.4, -0.2) is 31.6 Å². The molecule has 1 aliphatic rings. The van der Waals surface area contributed by atoms with E-state index in [2.05, 4.69) is 23.3 Å². The van der Waals surface area contributed by atoms with Gasteiger partial charge >= 0.3 is 0 Å². The van der Waals surface area contributed by atoms with Crippen molar-refractivity contribution in [2.24, 2.45) is 5.92 Å². The molecule has 0 amide bonds. The Hall–Kier alpha value is -1.06. The van der Waals surface area contributed by atoms with E-state index < -0.39 is 0 Å². The summed E-state index contributed by atoms with van der Waals surface area (Å²) in [7, 11) is 2.22. The van der Waals surface area contributed by atoms with Crippen LogP contribution in [0.4, 0.5) is 5.69 Å². The van der Waals surface area contributed by atoms with Crippen LogP contribution in [0.15, 0.2) is 24.3 Å². The van der Waals surface area contributed by atoms with E-state index in [1.165, 1.54) is 37.9 Å². The van der Waals surface area contributed by atoms with E-state index in [0.717, 1.165) is 24.7 Å². The number of likely N-dealkylation sites (tertiary alicyclic amines) is 1. The summed E-state index contributed by atoms with van der Waals surface area (Å²) < 4.78 is 0. The van der Waals surface area contributed by atoms with Gasteiger partial charge < -0.3 is 16.0 Å². The third-order valence-electron chi connectivity index (χ3n) is 3.85. The van der Waals surface area contributed by atoms with Crippen molar-refractivity contribution in [3.05, 3.63) is 29.8 Å². The van der Waals surface area contributed by atoms with Gasteiger partial charge in [0, 0.05) is 12.2 Å². The molecule has 18 heavy (non-hydrogen) atoms. The number of nitrogens with one attached hydrogen (secondary N) is 1. The number of rotatable bonds is 5. The summed E-state index contributed by atoms with van der Waals surface area (Å²) in [5, 5.41) is 3.52. The molecule has 0 spiro atoms. The first-order valence-electron chi connectivity index (χ1n) is 6.98. The largest absolute Gasteiger partial charge is 0.399 e. The van der Waals surface area contributed by atoms with Crippen molar-refractivity contribution in [3.8, 4) is 0 Å². The highest BCUT2D eigenvalue weighted by Gasteiger charge is 2.15. The van der Waals surface area contributed by atoms with Crippen LogP contribution in [0, 0.1) is 5.92 Å². The van der Waals surface area contributed by atoms with Crippen LogP contribution >= 0.6 is 0 Å².